The molecular weight excluding hydrogens is 340 g/mol. The molecule has 0 aliphatic carbocycles. The number of hydrogen-bond donors (Lipinski definition) is 1. The number of carbonyl (C=O) groups is 1. The van der Waals surface area contributed by atoms with Crippen LogP contribution in [0, 0.1) is 0 Å². The summed E-state index contributed by atoms with van der Waals surface area (Å²) in [4.78, 5) is 11.8. The minimum atomic E-state index is -0.00784. The van der Waals surface area contributed by atoms with E-state index in [9.17, 15) is 4.79 Å². The number of hydrogen-bond acceptors (Lipinski definition) is 6. The Morgan fingerprint density at radius 3 is 2.76 bits per heavy atom. The Hall–Kier alpha value is -2.22. The first kappa shape index (κ1) is 17.6. The Bertz CT molecular complexity index is 760. The normalized spacial score (nSPS) is 13.1. The van der Waals surface area contributed by atoms with Crippen LogP contribution in [0.25, 0.3) is 11.4 Å². The van der Waals surface area contributed by atoms with Gasteiger partial charge in [0.15, 0.2) is 22.5 Å². The third-order valence-electron chi connectivity index (χ3n) is 3.62. The zero-order valence-corrected chi connectivity index (χ0v) is 15.4. The van der Waals surface area contributed by atoms with Crippen LogP contribution in [0.1, 0.15) is 20.8 Å². The largest absolute Gasteiger partial charge is 0.486 e. The number of carbonyl (C=O) groups excluding carboxylic acids is 1. The SMILES string of the molecule is CCn1c(SCC(=O)NC(C)C)nnc1-c1ccc2c(c1)OCCO2. The summed E-state index contributed by atoms with van der Waals surface area (Å²) in [6, 6.07) is 5.89. The number of thioether (sulfide) groups is 1. The third kappa shape index (κ3) is 4.07. The van der Waals surface area contributed by atoms with Crippen molar-refractivity contribution in [1.29, 1.82) is 0 Å². The van der Waals surface area contributed by atoms with Crippen LogP contribution >= 0.6 is 11.8 Å². The number of benzene rings is 1. The van der Waals surface area contributed by atoms with E-state index in [0.29, 0.717) is 25.5 Å². The molecule has 25 heavy (non-hydrogen) atoms. The summed E-state index contributed by atoms with van der Waals surface area (Å²) in [6.07, 6.45) is 0. The topological polar surface area (TPSA) is 78.3 Å². The Labute approximate surface area is 151 Å². The van der Waals surface area contributed by atoms with Crippen molar-refractivity contribution < 1.29 is 14.3 Å². The molecule has 0 atom stereocenters. The Morgan fingerprint density at radius 2 is 2.04 bits per heavy atom. The molecule has 0 fully saturated rings. The molecule has 0 radical (unpaired) electrons. The second-order valence-electron chi connectivity index (χ2n) is 5.92. The molecule has 2 heterocycles. The molecule has 1 aliphatic rings. The van der Waals surface area contributed by atoms with Gasteiger partial charge >= 0.3 is 0 Å². The van der Waals surface area contributed by atoms with Crippen molar-refractivity contribution in [2.45, 2.75) is 38.5 Å². The van der Waals surface area contributed by atoms with Crippen molar-refractivity contribution in [1.82, 2.24) is 20.1 Å². The molecule has 0 saturated carbocycles. The lowest BCUT2D eigenvalue weighted by Crippen LogP contribution is -2.31. The van der Waals surface area contributed by atoms with Gasteiger partial charge in [-0.15, -0.1) is 10.2 Å². The van der Waals surface area contributed by atoms with Crippen molar-refractivity contribution in [2.75, 3.05) is 19.0 Å². The number of fused-ring (bicyclic) bond motifs is 1. The van der Waals surface area contributed by atoms with Crippen LogP contribution in [0.4, 0.5) is 0 Å². The van der Waals surface area contributed by atoms with Gasteiger partial charge in [-0.3, -0.25) is 4.79 Å². The van der Waals surface area contributed by atoms with Gasteiger partial charge in [0, 0.05) is 18.2 Å². The predicted molar refractivity (Wildman–Crippen MR) is 96.1 cm³/mol. The first-order valence-corrected chi connectivity index (χ1v) is 9.32. The molecular formula is C17H22N4O3S. The number of nitrogens with one attached hydrogen (secondary N) is 1. The summed E-state index contributed by atoms with van der Waals surface area (Å²) < 4.78 is 13.2. The molecule has 2 aromatic rings. The van der Waals surface area contributed by atoms with Crippen LogP contribution in [0.2, 0.25) is 0 Å². The summed E-state index contributed by atoms with van der Waals surface area (Å²) in [5.74, 6) is 2.53. The van der Waals surface area contributed by atoms with Gasteiger partial charge in [0.1, 0.15) is 13.2 Å². The third-order valence-corrected chi connectivity index (χ3v) is 4.58. The van der Waals surface area contributed by atoms with Crippen LogP contribution in [0.5, 0.6) is 11.5 Å². The Balaban J connectivity index is 1.79. The smallest absolute Gasteiger partial charge is 0.230 e. The molecule has 1 N–H and O–H groups in total. The predicted octanol–water partition coefficient (Wildman–Crippen LogP) is 2.35. The number of ether oxygens (including phenoxy) is 2. The van der Waals surface area contributed by atoms with Crippen LogP contribution in [-0.2, 0) is 11.3 Å². The lowest BCUT2D eigenvalue weighted by atomic mass is 10.2. The van der Waals surface area contributed by atoms with Gasteiger partial charge in [0.2, 0.25) is 5.91 Å². The number of nitrogens with zero attached hydrogens (tertiary/aromatic N) is 3. The molecule has 7 nitrogen and oxygen atoms in total. The fraction of sp³-hybridized carbons (Fsp3) is 0.471. The molecule has 0 saturated heterocycles. The van der Waals surface area contributed by atoms with Gasteiger partial charge in [-0.1, -0.05) is 11.8 Å². The molecule has 1 amide bonds. The minimum Gasteiger partial charge on any atom is -0.486 e. The lowest BCUT2D eigenvalue weighted by Gasteiger charge is -2.18. The van der Waals surface area contributed by atoms with Crippen molar-refractivity contribution in [3.8, 4) is 22.9 Å². The quantitative estimate of drug-likeness (QED) is 0.795. The summed E-state index contributed by atoms with van der Waals surface area (Å²) in [5.41, 5.74) is 0.914. The van der Waals surface area contributed by atoms with Crippen LogP contribution < -0.4 is 14.8 Å². The van der Waals surface area contributed by atoms with E-state index < -0.39 is 0 Å². The first-order valence-electron chi connectivity index (χ1n) is 8.34. The molecule has 3 rings (SSSR count). The van der Waals surface area contributed by atoms with Gasteiger partial charge < -0.3 is 19.4 Å². The fourth-order valence-electron chi connectivity index (χ4n) is 2.57. The monoisotopic (exact) mass is 362 g/mol. The fourth-order valence-corrected chi connectivity index (χ4v) is 3.38. The van der Waals surface area contributed by atoms with Crippen molar-refractivity contribution in [2.24, 2.45) is 0 Å². The van der Waals surface area contributed by atoms with Gasteiger partial charge in [-0.2, -0.15) is 0 Å². The van der Waals surface area contributed by atoms with Gasteiger partial charge in [0.05, 0.1) is 5.75 Å². The molecule has 0 unspecified atom stereocenters. The zero-order valence-electron chi connectivity index (χ0n) is 14.6. The molecule has 1 aromatic carbocycles. The van der Waals surface area contributed by atoms with E-state index in [1.807, 2.05) is 43.5 Å². The van der Waals surface area contributed by atoms with E-state index in [0.717, 1.165) is 28.0 Å². The highest BCUT2D eigenvalue weighted by atomic mass is 32.2. The minimum absolute atomic E-state index is 0.00784. The van der Waals surface area contributed by atoms with Crippen molar-refractivity contribution in [3.63, 3.8) is 0 Å². The summed E-state index contributed by atoms with van der Waals surface area (Å²) >= 11 is 1.39. The maximum Gasteiger partial charge on any atom is 0.230 e. The van der Waals surface area contributed by atoms with Gasteiger partial charge in [0.25, 0.3) is 0 Å². The van der Waals surface area contributed by atoms with Crippen molar-refractivity contribution >= 4 is 17.7 Å². The molecule has 0 bridgehead atoms. The van der Waals surface area contributed by atoms with E-state index in [1.165, 1.54) is 11.8 Å². The number of aromatic nitrogens is 3. The maximum absolute atomic E-state index is 11.8. The summed E-state index contributed by atoms with van der Waals surface area (Å²) in [6.45, 7) is 7.74. The van der Waals surface area contributed by atoms with E-state index >= 15 is 0 Å². The Morgan fingerprint density at radius 1 is 1.28 bits per heavy atom. The average molecular weight is 362 g/mol. The highest BCUT2D eigenvalue weighted by molar-refractivity contribution is 7.99. The second-order valence-corrected chi connectivity index (χ2v) is 6.86. The molecule has 8 heteroatoms. The summed E-state index contributed by atoms with van der Waals surface area (Å²) in [5, 5.41) is 12.2. The zero-order chi connectivity index (χ0) is 17.8. The lowest BCUT2D eigenvalue weighted by molar-refractivity contribution is -0.119. The number of amides is 1. The number of rotatable bonds is 6. The van der Waals surface area contributed by atoms with Gasteiger partial charge in [-0.25, -0.2) is 0 Å². The van der Waals surface area contributed by atoms with E-state index in [2.05, 4.69) is 15.5 Å². The first-order chi connectivity index (χ1) is 12.1. The van der Waals surface area contributed by atoms with E-state index in [1.54, 1.807) is 0 Å². The molecule has 134 valence electrons. The molecule has 1 aromatic heterocycles. The van der Waals surface area contributed by atoms with E-state index in [-0.39, 0.29) is 11.9 Å². The molecule has 0 spiro atoms. The van der Waals surface area contributed by atoms with Gasteiger partial charge in [-0.05, 0) is 39.0 Å². The summed E-state index contributed by atoms with van der Waals surface area (Å²) in [7, 11) is 0. The standard InChI is InChI=1S/C17H22N4O3S/c1-4-21-16(12-5-6-13-14(9-12)24-8-7-23-13)19-20-17(21)25-10-15(22)18-11(2)3/h5-6,9,11H,4,7-8,10H2,1-3H3,(H,18,22). The van der Waals surface area contributed by atoms with E-state index in [4.69, 9.17) is 9.47 Å². The highest BCUT2D eigenvalue weighted by Crippen LogP contribution is 2.34. The van der Waals surface area contributed by atoms with Crippen LogP contribution in [0.15, 0.2) is 23.4 Å². The Kier molecular flexibility index (Phi) is 5.47. The second kappa shape index (κ2) is 7.77. The van der Waals surface area contributed by atoms with Crippen LogP contribution in [0.3, 0.4) is 0 Å². The van der Waals surface area contributed by atoms with Crippen LogP contribution in [-0.4, -0.2) is 45.7 Å². The highest BCUT2D eigenvalue weighted by Gasteiger charge is 2.18. The average Bonchev–Trinajstić information content (AvgIpc) is 3.02. The van der Waals surface area contributed by atoms with Crippen molar-refractivity contribution in [3.05, 3.63) is 18.2 Å². The molecule has 1 aliphatic heterocycles. The maximum atomic E-state index is 11.8.